The van der Waals surface area contributed by atoms with Gasteiger partial charge in [0.15, 0.2) is 0 Å². The van der Waals surface area contributed by atoms with Gasteiger partial charge in [0, 0.05) is 6.61 Å². The van der Waals surface area contributed by atoms with E-state index in [0.29, 0.717) is 6.10 Å². The SMILES string of the molecule is C[C@H](O)CC[C@@H]1CCCO1. The van der Waals surface area contributed by atoms with Gasteiger partial charge in [-0.1, -0.05) is 0 Å². The first-order valence-electron chi connectivity index (χ1n) is 4.08. The van der Waals surface area contributed by atoms with Crippen molar-refractivity contribution in [3.8, 4) is 0 Å². The van der Waals surface area contributed by atoms with Crippen molar-refractivity contribution in [2.24, 2.45) is 0 Å². The Hall–Kier alpha value is -0.0800. The van der Waals surface area contributed by atoms with Crippen LogP contribution in [0.1, 0.15) is 32.6 Å². The molecule has 0 aliphatic carbocycles. The molecular weight excluding hydrogens is 128 g/mol. The average molecular weight is 144 g/mol. The second-order valence-electron chi connectivity index (χ2n) is 3.06. The Morgan fingerprint density at radius 1 is 1.70 bits per heavy atom. The van der Waals surface area contributed by atoms with Gasteiger partial charge >= 0.3 is 0 Å². The quantitative estimate of drug-likeness (QED) is 0.647. The molecule has 60 valence electrons. The van der Waals surface area contributed by atoms with Crippen LogP contribution in [0.25, 0.3) is 0 Å². The van der Waals surface area contributed by atoms with Gasteiger partial charge in [-0.15, -0.1) is 0 Å². The van der Waals surface area contributed by atoms with Crippen LogP contribution in [0.5, 0.6) is 0 Å². The van der Waals surface area contributed by atoms with Crippen molar-refractivity contribution >= 4 is 0 Å². The Kier molecular flexibility index (Phi) is 3.16. The normalized spacial score (nSPS) is 28.8. The van der Waals surface area contributed by atoms with Gasteiger partial charge in [0.1, 0.15) is 0 Å². The summed E-state index contributed by atoms with van der Waals surface area (Å²) in [5, 5.41) is 8.96. The van der Waals surface area contributed by atoms with E-state index in [4.69, 9.17) is 9.84 Å². The van der Waals surface area contributed by atoms with E-state index in [1.54, 1.807) is 0 Å². The van der Waals surface area contributed by atoms with Gasteiger partial charge in [0.05, 0.1) is 12.2 Å². The molecule has 0 radical (unpaired) electrons. The van der Waals surface area contributed by atoms with Crippen LogP contribution in [0.2, 0.25) is 0 Å². The Bertz CT molecular complexity index is 85.3. The molecule has 1 N–H and O–H groups in total. The molecule has 2 nitrogen and oxygen atoms in total. The van der Waals surface area contributed by atoms with Crippen LogP contribution in [0.15, 0.2) is 0 Å². The molecule has 1 rings (SSSR count). The molecule has 0 aromatic carbocycles. The lowest BCUT2D eigenvalue weighted by Gasteiger charge is -2.09. The Morgan fingerprint density at radius 3 is 3.00 bits per heavy atom. The number of aliphatic hydroxyl groups excluding tert-OH is 1. The highest BCUT2D eigenvalue weighted by Gasteiger charge is 2.15. The Labute approximate surface area is 62.2 Å². The monoisotopic (exact) mass is 144 g/mol. The van der Waals surface area contributed by atoms with Crippen LogP contribution < -0.4 is 0 Å². The van der Waals surface area contributed by atoms with Gasteiger partial charge in [-0.25, -0.2) is 0 Å². The first-order valence-corrected chi connectivity index (χ1v) is 4.08. The van der Waals surface area contributed by atoms with Crippen molar-refractivity contribution in [2.45, 2.75) is 44.8 Å². The Morgan fingerprint density at radius 2 is 2.50 bits per heavy atom. The third-order valence-electron chi connectivity index (χ3n) is 1.93. The van der Waals surface area contributed by atoms with Gasteiger partial charge in [0.25, 0.3) is 0 Å². The second-order valence-corrected chi connectivity index (χ2v) is 3.06. The van der Waals surface area contributed by atoms with E-state index in [9.17, 15) is 0 Å². The summed E-state index contributed by atoms with van der Waals surface area (Å²) in [4.78, 5) is 0. The first kappa shape index (κ1) is 8.02. The van der Waals surface area contributed by atoms with Crippen LogP contribution in [0.3, 0.4) is 0 Å². The molecule has 0 spiro atoms. The van der Waals surface area contributed by atoms with Crippen LogP contribution >= 0.6 is 0 Å². The van der Waals surface area contributed by atoms with Gasteiger partial charge in [-0.3, -0.25) is 0 Å². The van der Waals surface area contributed by atoms with Gasteiger partial charge in [0.2, 0.25) is 0 Å². The van der Waals surface area contributed by atoms with E-state index in [-0.39, 0.29) is 6.10 Å². The van der Waals surface area contributed by atoms with E-state index in [1.807, 2.05) is 6.92 Å². The minimum atomic E-state index is -0.163. The Balaban J connectivity index is 2.01. The summed E-state index contributed by atoms with van der Waals surface area (Å²) in [7, 11) is 0. The van der Waals surface area contributed by atoms with Crippen molar-refractivity contribution in [1.29, 1.82) is 0 Å². The molecule has 1 aliphatic rings. The summed E-state index contributed by atoms with van der Waals surface area (Å²) in [6.07, 6.45) is 4.57. The molecule has 1 saturated heterocycles. The maximum atomic E-state index is 8.96. The van der Waals surface area contributed by atoms with Crippen LogP contribution in [-0.2, 0) is 4.74 Å². The molecule has 1 heterocycles. The van der Waals surface area contributed by atoms with Crippen LogP contribution in [0, 0.1) is 0 Å². The van der Waals surface area contributed by atoms with E-state index >= 15 is 0 Å². The highest BCUT2D eigenvalue weighted by atomic mass is 16.5. The number of ether oxygens (including phenoxy) is 1. The molecular formula is C8H16O2. The van der Waals surface area contributed by atoms with Crippen molar-refractivity contribution in [3.05, 3.63) is 0 Å². The van der Waals surface area contributed by atoms with E-state index in [0.717, 1.165) is 19.4 Å². The zero-order chi connectivity index (χ0) is 7.40. The van der Waals surface area contributed by atoms with Crippen molar-refractivity contribution in [2.75, 3.05) is 6.61 Å². The fourth-order valence-corrected chi connectivity index (χ4v) is 1.30. The zero-order valence-corrected chi connectivity index (χ0v) is 6.55. The summed E-state index contributed by atoms with van der Waals surface area (Å²) >= 11 is 0. The molecule has 0 aromatic heterocycles. The van der Waals surface area contributed by atoms with Crippen molar-refractivity contribution < 1.29 is 9.84 Å². The summed E-state index contributed by atoms with van der Waals surface area (Å²) < 4.78 is 5.39. The molecule has 2 heteroatoms. The topological polar surface area (TPSA) is 29.5 Å². The van der Waals surface area contributed by atoms with E-state index < -0.39 is 0 Å². The van der Waals surface area contributed by atoms with Crippen LogP contribution in [0.4, 0.5) is 0 Å². The summed E-state index contributed by atoms with van der Waals surface area (Å²) in [5.74, 6) is 0. The zero-order valence-electron chi connectivity index (χ0n) is 6.55. The third kappa shape index (κ3) is 2.67. The van der Waals surface area contributed by atoms with E-state index in [2.05, 4.69) is 0 Å². The predicted molar refractivity (Wildman–Crippen MR) is 39.9 cm³/mol. The number of rotatable bonds is 3. The van der Waals surface area contributed by atoms with Crippen LogP contribution in [-0.4, -0.2) is 23.9 Å². The lowest BCUT2D eigenvalue weighted by molar-refractivity contribution is 0.0852. The second kappa shape index (κ2) is 3.94. The number of aliphatic hydroxyl groups is 1. The molecule has 1 fully saturated rings. The minimum absolute atomic E-state index is 0.163. The first-order chi connectivity index (χ1) is 4.79. The summed E-state index contributed by atoms with van der Waals surface area (Å²) in [5.41, 5.74) is 0. The molecule has 0 bridgehead atoms. The van der Waals surface area contributed by atoms with Crippen molar-refractivity contribution in [3.63, 3.8) is 0 Å². The molecule has 2 atom stereocenters. The maximum absolute atomic E-state index is 8.96. The number of hydrogen-bond acceptors (Lipinski definition) is 2. The molecule has 0 amide bonds. The average Bonchev–Trinajstić information content (AvgIpc) is 2.34. The maximum Gasteiger partial charge on any atom is 0.0577 e. The molecule has 1 aliphatic heterocycles. The lowest BCUT2D eigenvalue weighted by Crippen LogP contribution is -2.09. The standard InChI is InChI=1S/C8H16O2/c1-7(9)4-5-8-3-2-6-10-8/h7-9H,2-6H2,1H3/t7-,8-/m0/s1. The van der Waals surface area contributed by atoms with Gasteiger partial charge < -0.3 is 9.84 Å². The van der Waals surface area contributed by atoms with Gasteiger partial charge in [-0.05, 0) is 32.6 Å². The van der Waals surface area contributed by atoms with E-state index in [1.165, 1.54) is 12.8 Å². The van der Waals surface area contributed by atoms with Crippen molar-refractivity contribution in [1.82, 2.24) is 0 Å². The third-order valence-corrected chi connectivity index (χ3v) is 1.93. The molecule has 0 unspecified atom stereocenters. The fraction of sp³-hybridized carbons (Fsp3) is 1.00. The summed E-state index contributed by atoms with van der Waals surface area (Å²) in [6.45, 7) is 2.75. The lowest BCUT2D eigenvalue weighted by atomic mass is 10.1. The predicted octanol–water partition coefficient (Wildman–Crippen LogP) is 1.33. The van der Waals surface area contributed by atoms with Gasteiger partial charge in [-0.2, -0.15) is 0 Å². The molecule has 10 heavy (non-hydrogen) atoms. The highest BCUT2D eigenvalue weighted by Crippen LogP contribution is 2.17. The summed E-state index contributed by atoms with van der Waals surface area (Å²) in [6, 6.07) is 0. The molecule has 0 saturated carbocycles. The largest absolute Gasteiger partial charge is 0.393 e. The highest BCUT2D eigenvalue weighted by molar-refractivity contribution is 4.65. The fourth-order valence-electron chi connectivity index (χ4n) is 1.30. The smallest absolute Gasteiger partial charge is 0.0577 e. The number of hydrogen-bond donors (Lipinski definition) is 1. The molecule has 0 aromatic rings. The minimum Gasteiger partial charge on any atom is -0.393 e.